The molecule has 3 rings (SSSR count). The van der Waals surface area contributed by atoms with Crippen LogP contribution in [0.3, 0.4) is 0 Å². The van der Waals surface area contributed by atoms with Crippen molar-refractivity contribution < 1.29 is 4.79 Å². The Bertz CT molecular complexity index is 584. The topological polar surface area (TPSA) is 54.0 Å². The van der Waals surface area contributed by atoms with Crippen molar-refractivity contribution in [3.8, 4) is 0 Å². The molecule has 1 saturated heterocycles. The van der Waals surface area contributed by atoms with E-state index in [9.17, 15) is 4.79 Å². The van der Waals surface area contributed by atoms with Gasteiger partial charge in [0, 0.05) is 29.7 Å². The summed E-state index contributed by atoms with van der Waals surface area (Å²) >= 11 is 0. The molecular formula is C16H19Cl2N3O. The van der Waals surface area contributed by atoms with Gasteiger partial charge in [0.05, 0.1) is 0 Å². The van der Waals surface area contributed by atoms with Crippen LogP contribution in [0.1, 0.15) is 34.8 Å². The van der Waals surface area contributed by atoms with Crippen LogP contribution < -0.4 is 10.6 Å². The lowest BCUT2D eigenvalue weighted by atomic mass is 10.0. The molecule has 1 aromatic heterocycles. The minimum absolute atomic E-state index is 0. The number of benzene rings is 1. The molecule has 1 aliphatic heterocycles. The van der Waals surface area contributed by atoms with Gasteiger partial charge in [-0.1, -0.05) is 12.1 Å². The number of anilines is 1. The van der Waals surface area contributed by atoms with Gasteiger partial charge in [-0.25, -0.2) is 0 Å². The number of carbonyl (C=O) groups is 1. The van der Waals surface area contributed by atoms with Gasteiger partial charge in [0.2, 0.25) is 0 Å². The summed E-state index contributed by atoms with van der Waals surface area (Å²) in [7, 11) is 0. The van der Waals surface area contributed by atoms with Gasteiger partial charge in [-0.15, -0.1) is 24.8 Å². The number of nitrogens with zero attached hydrogens (tertiary/aromatic N) is 1. The molecule has 6 heteroatoms. The third-order valence-electron chi connectivity index (χ3n) is 3.57. The van der Waals surface area contributed by atoms with E-state index in [-0.39, 0.29) is 30.7 Å². The van der Waals surface area contributed by atoms with Crippen LogP contribution in [0.25, 0.3) is 0 Å². The highest BCUT2D eigenvalue weighted by Crippen LogP contribution is 2.23. The number of hydrogen-bond acceptors (Lipinski definition) is 3. The average molecular weight is 340 g/mol. The zero-order valence-electron chi connectivity index (χ0n) is 12.0. The van der Waals surface area contributed by atoms with E-state index < -0.39 is 0 Å². The van der Waals surface area contributed by atoms with Crippen LogP contribution in [0.4, 0.5) is 5.69 Å². The van der Waals surface area contributed by atoms with Gasteiger partial charge in [0.15, 0.2) is 0 Å². The van der Waals surface area contributed by atoms with E-state index in [1.165, 1.54) is 18.4 Å². The molecule has 0 bridgehead atoms. The molecule has 4 nitrogen and oxygen atoms in total. The SMILES string of the molecule is Cl.Cl.O=C(Nc1ccncc1)c1ccc(C2CCCN2)cc1. The molecule has 1 amide bonds. The molecule has 1 fully saturated rings. The summed E-state index contributed by atoms with van der Waals surface area (Å²) in [4.78, 5) is 16.0. The normalized spacial score (nSPS) is 16.3. The number of aromatic nitrogens is 1. The highest BCUT2D eigenvalue weighted by molar-refractivity contribution is 6.04. The predicted octanol–water partition coefficient (Wildman–Crippen LogP) is 3.60. The Kier molecular flexibility index (Phi) is 7.32. The Labute approximate surface area is 142 Å². The first-order valence-electron chi connectivity index (χ1n) is 6.88. The maximum atomic E-state index is 12.1. The van der Waals surface area contributed by atoms with E-state index in [1.807, 2.05) is 24.3 Å². The van der Waals surface area contributed by atoms with Gasteiger partial charge in [-0.3, -0.25) is 9.78 Å². The van der Waals surface area contributed by atoms with Gasteiger partial charge >= 0.3 is 0 Å². The lowest BCUT2D eigenvalue weighted by molar-refractivity contribution is 0.102. The fourth-order valence-electron chi connectivity index (χ4n) is 2.47. The second kappa shape index (κ2) is 8.73. The number of amides is 1. The second-order valence-electron chi connectivity index (χ2n) is 4.96. The Balaban J connectivity index is 0.00000121. The van der Waals surface area contributed by atoms with Crippen molar-refractivity contribution >= 4 is 36.4 Å². The third-order valence-corrected chi connectivity index (χ3v) is 3.57. The maximum Gasteiger partial charge on any atom is 0.255 e. The van der Waals surface area contributed by atoms with Crippen molar-refractivity contribution in [2.45, 2.75) is 18.9 Å². The monoisotopic (exact) mass is 339 g/mol. The molecule has 1 aromatic carbocycles. The van der Waals surface area contributed by atoms with E-state index in [4.69, 9.17) is 0 Å². The number of pyridine rings is 1. The lowest BCUT2D eigenvalue weighted by Crippen LogP contribution is -2.14. The number of hydrogen-bond donors (Lipinski definition) is 2. The largest absolute Gasteiger partial charge is 0.322 e. The number of halogens is 2. The Morgan fingerprint density at radius 3 is 2.36 bits per heavy atom. The summed E-state index contributed by atoms with van der Waals surface area (Å²) < 4.78 is 0. The molecule has 1 atom stereocenters. The lowest BCUT2D eigenvalue weighted by Gasteiger charge is -2.11. The predicted molar refractivity (Wildman–Crippen MR) is 93.1 cm³/mol. The molecule has 0 saturated carbocycles. The van der Waals surface area contributed by atoms with Crippen molar-refractivity contribution in [2.24, 2.45) is 0 Å². The van der Waals surface area contributed by atoms with Crippen molar-refractivity contribution in [2.75, 3.05) is 11.9 Å². The van der Waals surface area contributed by atoms with Crippen molar-refractivity contribution in [3.63, 3.8) is 0 Å². The first-order valence-corrected chi connectivity index (χ1v) is 6.88. The highest BCUT2D eigenvalue weighted by Gasteiger charge is 2.16. The summed E-state index contributed by atoms with van der Waals surface area (Å²) in [6.45, 7) is 1.08. The molecule has 2 heterocycles. The zero-order valence-corrected chi connectivity index (χ0v) is 13.6. The first-order chi connectivity index (χ1) is 9.83. The fourth-order valence-corrected chi connectivity index (χ4v) is 2.47. The van der Waals surface area contributed by atoms with E-state index in [1.54, 1.807) is 24.5 Å². The smallest absolute Gasteiger partial charge is 0.255 e. The first kappa shape index (κ1) is 18.4. The van der Waals surface area contributed by atoms with Crippen LogP contribution >= 0.6 is 24.8 Å². The summed E-state index contributed by atoms with van der Waals surface area (Å²) in [6.07, 6.45) is 5.70. The summed E-state index contributed by atoms with van der Waals surface area (Å²) in [5.74, 6) is -0.0952. The van der Waals surface area contributed by atoms with Crippen LogP contribution in [0.15, 0.2) is 48.8 Å². The van der Waals surface area contributed by atoms with Crippen LogP contribution in [-0.2, 0) is 0 Å². The summed E-state index contributed by atoms with van der Waals surface area (Å²) in [5, 5.41) is 6.31. The Morgan fingerprint density at radius 2 is 1.77 bits per heavy atom. The molecule has 0 radical (unpaired) electrons. The molecule has 22 heavy (non-hydrogen) atoms. The number of nitrogens with one attached hydrogen (secondary N) is 2. The standard InChI is InChI=1S/C16H17N3O.2ClH/c20-16(19-14-7-10-17-11-8-14)13-5-3-12(4-6-13)15-2-1-9-18-15;;/h3-8,10-11,15,18H,1-2,9H2,(H,17,19,20);2*1H. The van der Waals surface area contributed by atoms with Crippen molar-refractivity contribution in [1.29, 1.82) is 0 Å². The van der Waals surface area contributed by atoms with E-state index in [0.717, 1.165) is 12.2 Å². The van der Waals surface area contributed by atoms with Crippen LogP contribution in [0, 0.1) is 0 Å². The molecule has 2 aromatic rings. The molecule has 1 unspecified atom stereocenters. The molecule has 1 aliphatic rings. The van der Waals surface area contributed by atoms with Gasteiger partial charge < -0.3 is 10.6 Å². The second-order valence-corrected chi connectivity index (χ2v) is 4.96. The fraction of sp³-hybridized carbons (Fsp3) is 0.250. The van der Waals surface area contributed by atoms with Crippen molar-refractivity contribution in [1.82, 2.24) is 10.3 Å². The Morgan fingerprint density at radius 1 is 1.09 bits per heavy atom. The van der Waals surface area contributed by atoms with Crippen LogP contribution in [0.2, 0.25) is 0 Å². The van der Waals surface area contributed by atoms with E-state index in [2.05, 4.69) is 15.6 Å². The Hall–Kier alpha value is -1.62. The average Bonchev–Trinajstić information content (AvgIpc) is 3.03. The van der Waals surface area contributed by atoms with Gasteiger partial charge in [0.25, 0.3) is 5.91 Å². The number of carbonyl (C=O) groups excluding carboxylic acids is 1. The van der Waals surface area contributed by atoms with E-state index >= 15 is 0 Å². The summed E-state index contributed by atoms with van der Waals surface area (Å²) in [6, 6.07) is 11.8. The molecular weight excluding hydrogens is 321 g/mol. The highest BCUT2D eigenvalue weighted by atomic mass is 35.5. The van der Waals surface area contributed by atoms with Crippen LogP contribution in [0.5, 0.6) is 0 Å². The summed E-state index contributed by atoms with van der Waals surface area (Å²) in [5.41, 5.74) is 2.68. The quantitative estimate of drug-likeness (QED) is 0.898. The number of rotatable bonds is 3. The van der Waals surface area contributed by atoms with Crippen molar-refractivity contribution in [3.05, 3.63) is 59.9 Å². The zero-order chi connectivity index (χ0) is 13.8. The molecule has 0 spiro atoms. The third kappa shape index (κ3) is 4.44. The minimum Gasteiger partial charge on any atom is -0.322 e. The van der Waals surface area contributed by atoms with E-state index in [0.29, 0.717) is 11.6 Å². The van der Waals surface area contributed by atoms with Gasteiger partial charge in [-0.05, 0) is 49.2 Å². The molecule has 118 valence electrons. The van der Waals surface area contributed by atoms with Gasteiger partial charge in [0.1, 0.15) is 0 Å². The molecule has 2 N–H and O–H groups in total. The van der Waals surface area contributed by atoms with Gasteiger partial charge in [-0.2, -0.15) is 0 Å². The molecule has 0 aliphatic carbocycles. The van der Waals surface area contributed by atoms with Crippen LogP contribution in [-0.4, -0.2) is 17.4 Å². The maximum absolute atomic E-state index is 12.1. The minimum atomic E-state index is -0.0952.